The van der Waals surface area contributed by atoms with Gasteiger partial charge in [-0.2, -0.15) is 0 Å². The summed E-state index contributed by atoms with van der Waals surface area (Å²) in [6.07, 6.45) is 0. The van der Waals surface area contributed by atoms with E-state index in [0.29, 0.717) is 5.75 Å². The maximum absolute atomic E-state index is 11.5. The lowest BCUT2D eigenvalue weighted by molar-refractivity contribution is 0.474. The Labute approximate surface area is 101 Å². The van der Waals surface area contributed by atoms with Crippen LogP contribution in [0.4, 0.5) is 0 Å². The third-order valence-corrected chi connectivity index (χ3v) is 5.64. The molecular weight excluding hydrogens is 244 g/mol. The number of aromatic hydroxyl groups is 1. The molecular formula is C11H16O3S2. The van der Waals surface area contributed by atoms with Crippen molar-refractivity contribution in [2.45, 2.75) is 24.0 Å². The van der Waals surface area contributed by atoms with Gasteiger partial charge in [0.25, 0.3) is 0 Å². The topological polar surface area (TPSA) is 54.4 Å². The minimum absolute atomic E-state index is 0.172. The third kappa shape index (κ3) is 4.06. The van der Waals surface area contributed by atoms with E-state index in [9.17, 15) is 13.5 Å². The molecule has 1 N–H and O–H groups in total. The predicted molar refractivity (Wildman–Crippen MR) is 67.8 cm³/mol. The van der Waals surface area contributed by atoms with Gasteiger partial charge in [0.1, 0.15) is 5.75 Å². The Morgan fingerprint density at radius 1 is 1.38 bits per heavy atom. The van der Waals surface area contributed by atoms with Crippen molar-refractivity contribution >= 4 is 21.6 Å². The number of sulfone groups is 1. The number of rotatable bonds is 5. The summed E-state index contributed by atoms with van der Waals surface area (Å²) in [5.41, 5.74) is 0. The van der Waals surface area contributed by atoms with Crippen LogP contribution >= 0.6 is 11.8 Å². The van der Waals surface area contributed by atoms with Crippen LogP contribution in [-0.4, -0.2) is 30.3 Å². The second kappa shape index (κ2) is 5.59. The molecule has 90 valence electrons. The molecule has 0 aliphatic heterocycles. The fraction of sp³-hybridized carbons (Fsp3) is 0.455. The minimum atomic E-state index is -2.96. The van der Waals surface area contributed by atoms with Crippen LogP contribution in [-0.2, 0) is 9.84 Å². The van der Waals surface area contributed by atoms with Crippen molar-refractivity contribution in [3.63, 3.8) is 0 Å². The van der Waals surface area contributed by atoms with E-state index >= 15 is 0 Å². The first-order chi connectivity index (χ1) is 7.42. The van der Waals surface area contributed by atoms with Gasteiger partial charge in [-0.1, -0.05) is 6.07 Å². The van der Waals surface area contributed by atoms with Gasteiger partial charge in [0.15, 0.2) is 9.84 Å². The van der Waals surface area contributed by atoms with Crippen LogP contribution in [0.25, 0.3) is 0 Å². The van der Waals surface area contributed by atoms with Crippen molar-refractivity contribution in [3.05, 3.63) is 24.3 Å². The highest BCUT2D eigenvalue weighted by Gasteiger charge is 2.15. The summed E-state index contributed by atoms with van der Waals surface area (Å²) >= 11 is 1.44. The lowest BCUT2D eigenvalue weighted by atomic mass is 10.3. The molecule has 1 aromatic carbocycles. The fourth-order valence-corrected chi connectivity index (χ4v) is 3.43. The van der Waals surface area contributed by atoms with Crippen LogP contribution < -0.4 is 0 Å². The van der Waals surface area contributed by atoms with E-state index in [1.807, 2.05) is 6.07 Å². The van der Waals surface area contributed by atoms with E-state index in [0.717, 1.165) is 4.90 Å². The summed E-state index contributed by atoms with van der Waals surface area (Å²) < 4.78 is 23.0. The molecule has 3 nitrogen and oxygen atoms in total. The Kier molecular flexibility index (Phi) is 4.68. The third-order valence-electron chi connectivity index (χ3n) is 2.17. The summed E-state index contributed by atoms with van der Waals surface area (Å²) in [4.78, 5) is 0.888. The van der Waals surface area contributed by atoms with Crippen LogP contribution in [0.5, 0.6) is 5.75 Å². The number of hydrogen-bond donors (Lipinski definition) is 1. The zero-order valence-corrected chi connectivity index (χ0v) is 11.0. The summed E-state index contributed by atoms with van der Waals surface area (Å²) in [6.45, 7) is 3.38. The second-order valence-electron chi connectivity index (χ2n) is 3.76. The molecule has 0 heterocycles. The first-order valence-electron chi connectivity index (χ1n) is 5.05. The molecule has 0 bridgehead atoms. The first kappa shape index (κ1) is 13.4. The zero-order valence-electron chi connectivity index (χ0n) is 9.38. The molecule has 0 aliphatic carbocycles. The molecule has 0 atom stereocenters. The predicted octanol–water partition coefficient (Wildman–Crippen LogP) is 2.31. The molecule has 5 heteroatoms. The van der Waals surface area contributed by atoms with Gasteiger partial charge in [-0.3, -0.25) is 0 Å². The number of phenols is 1. The molecule has 1 rings (SSSR count). The molecule has 0 saturated carbocycles. The van der Waals surface area contributed by atoms with E-state index in [4.69, 9.17) is 0 Å². The molecule has 0 unspecified atom stereocenters. The number of hydrogen-bond acceptors (Lipinski definition) is 4. The lowest BCUT2D eigenvalue weighted by Gasteiger charge is -2.07. The van der Waals surface area contributed by atoms with Gasteiger partial charge in [0.05, 0.1) is 11.0 Å². The van der Waals surface area contributed by atoms with Gasteiger partial charge in [-0.05, 0) is 32.0 Å². The van der Waals surface area contributed by atoms with E-state index in [2.05, 4.69) is 0 Å². The van der Waals surface area contributed by atoms with Crippen molar-refractivity contribution in [1.82, 2.24) is 0 Å². The molecule has 0 spiro atoms. The van der Waals surface area contributed by atoms with Gasteiger partial charge in [-0.25, -0.2) is 8.42 Å². The van der Waals surface area contributed by atoms with Gasteiger partial charge >= 0.3 is 0 Å². The Morgan fingerprint density at radius 2 is 2.06 bits per heavy atom. The van der Waals surface area contributed by atoms with E-state index in [1.165, 1.54) is 11.8 Å². The quantitative estimate of drug-likeness (QED) is 0.825. The van der Waals surface area contributed by atoms with Crippen LogP contribution in [0, 0.1) is 0 Å². The molecule has 0 amide bonds. The Morgan fingerprint density at radius 3 is 2.62 bits per heavy atom. The normalized spacial score (nSPS) is 11.9. The monoisotopic (exact) mass is 260 g/mol. The second-order valence-corrected chi connectivity index (χ2v) is 7.61. The smallest absolute Gasteiger partial charge is 0.153 e. The highest BCUT2D eigenvalue weighted by molar-refractivity contribution is 8.00. The molecule has 0 saturated heterocycles. The molecule has 0 aromatic heterocycles. The Bertz CT molecular complexity index is 438. The highest BCUT2D eigenvalue weighted by Crippen LogP contribution is 2.22. The number of thioether (sulfide) groups is 1. The maximum Gasteiger partial charge on any atom is 0.153 e. The van der Waals surface area contributed by atoms with E-state index in [-0.39, 0.29) is 16.8 Å². The van der Waals surface area contributed by atoms with Crippen molar-refractivity contribution in [2.75, 3.05) is 11.5 Å². The molecule has 1 aromatic rings. The molecule has 16 heavy (non-hydrogen) atoms. The van der Waals surface area contributed by atoms with Gasteiger partial charge < -0.3 is 5.11 Å². The van der Waals surface area contributed by atoms with Crippen LogP contribution in [0.1, 0.15) is 13.8 Å². The maximum atomic E-state index is 11.5. The van der Waals surface area contributed by atoms with Crippen LogP contribution in [0.3, 0.4) is 0 Å². The van der Waals surface area contributed by atoms with Crippen LogP contribution in [0.2, 0.25) is 0 Å². The highest BCUT2D eigenvalue weighted by atomic mass is 32.2. The standard InChI is InChI=1S/C11H16O3S2/c1-9(2)16(13,14)7-6-15-11-5-3-4-10(12)8-11/h3-5,8-9,12H,6-7H2,1-2H3. The Hall–Kier alpha value is -0.680. The van der Waals surface area contributed by atoms with Crippen molar-refractivity contribution in [3.8, 4) is 5.75 Å². The number of phenolic OH excluding ortho intramolecular Hbond substituents is 1. The molecule has 0 fully saturated rings. The average Bonchev–Trinajstić information content (AvgIpc) is 2.17. The fourth-order valence-electron chi connectivity index (χ4n) is 1.08. The van der Waals surface area contributed by atoms with Crippen molar-refractivity contribution in [2.24, 2.45) is 0 Å². The summed E-state index contributed by atoms with van der Waals surface area (Å²) in [7, 11) is -2.96. The average molecular weight is 260 g/mol. The van der Waals surface area contributed by atoms with Gasteiger partial charge in [-0.15, -0.1) is 11.8 Å². The Balaban J connectivity index is 2.48. The largest absolute Gasteiger partial charge is 0.508 e. The molecule has 0 aliphatic rings. The zero-order chi connectivity index (χ0) is 12.2. The lowest BCUT2D eigenvalue weighted by Crippen LogP contribution is -2.18. The first-order valence-corrected chi connectivity index (χ1v) is 7.75. The van der Waals surface area contributed by atoms with Crippen molar-refractivity contribution < 1.29 is 13.5 Å². The van der Waals surface area contributed by atoms with Gasteiger partial charge in [0, 0.05) is 10.6 Å². The summed E-state index contributed by atoms with van der Waals surface area (Å²) in [5.74, 6) is 0.895. The summed E-state index contributed by atoms with van der Waals surface area (Å²) in [6, 6.07) is 6.82. The van der Waals surface area contributed by atoms with Crippen LogP contribution in [0.15, 0.2) is 29.2 Å². The summed E-state index contributed by atoms with van der Waals surface area (Å²) in [5, 5.41) is 8.91. The SMILES string of the molecule is CC(C)S(=O)(=O)CCSc1cccc(O)c1. The van der Waals surface area contributed by atoms with Gasteiger partial charge in [0.2, 0.25) is 0 Å². The minimum Gasteiger partial charge on any atom is -0.508 e. The number of benzene rings is 1. The van der Waals surface area contributed by atoms with Crippen molar-refractivity contribution in [1.29, 1.82) is 0 Å². The van der Waals surface area contributed by atoms with E-state index in [1.54, 1.807) is 32.0 Å². The van der Waals surface area contributed by atoms with E-state index < -0.39 is 9.84 Å². The molecule has 0 radical (unpaired) electrons.